The Morgan fingerprint density at radius 3 is 2.93 bits per heavy atom. The maximum absolute atomic E-state index is 4.42. The van der Waals surface area contributed by atoms with Crippen LogP contribution < -0.4 is 4.72 Å². The van der Waals surface area contributed by atoms with Crippen LogP contribution in [0.5, 0.6) is 0 Å². The second-order valence-electron chi connectivity index (χ2n) is 3.52. The van der Waals surface area contributed by atoms with E-state index in [9.17, 15) is 0 Å². The molecule has 1 heterocycles. The molecule has 1 N–H and O–H groups in total. The van der Waals surface area contributed by atoms with Crippen LogP contribution in [0.25, 0.3) is 0 Å². The summed E-state index contributed by atoms with van der Waals surface area (Å²) in [7, 11) is 0. The third-order valence-electron chi connectivity index (χ3n) is 2.60. The average molecular weight is 214 g/mol. The summed E-state index contributed by atoms with van der Waals surface area (Å²) in [6.07, 6.45) is 6.34. The number of hydrogen-bond acceptors (Lipinski definition) is 3. The first-order chi connectivity index (χ1) is 7.45. The molecule has 1 aromatic rings. The van der Waals surface area contributed by atoms with Gasteiger partial charge in [0, 0.05) is 5.92 Å². The molecule has 1 aromatic carbocycles. The Morgan fingerprint density at radius 1 is 1.20 bits per heavy atom. The lowest BCUT2D eigenvalue weighted by Crippen LogP contribution is -2.17. The zero-order chi connectivity index (χ0) is 10.1. The number of fused-ring (bicyclic) bond motifs is 1. The number of nitrogens with zero attached hydrogens (tertiary/aromatic N) is 1. The number of allylic oxidation sites excluding steroid dienone is 4. The summed E-state index contributed by atoms with van der Waals surface area (Å²) in [5, 5.41) is 0. The van der Waals surface area contributed by atoms with E-state index in [2.05, 4.69) is 51.6 Å². The van der Waals surface area contributed by atoms with E-state index < -0.39 is 0 Å². The normalized spacial score (nSPS) is 22.8. The highest BCUT2D eigenvalue weighted by molar-refractivity contribution is 7.96. The monoisotopic (exact) mass is 214 g/mol. The molecule has 0 aromatic heterocycles. The quantitative estimate of drug-likeness (QED) is 0.727. The topological polar surface area (TPSA) is 24.4 Å². The zero-order valence-electron chi connectivity index (χ0n) is 8.05. The molecule has 0 bridgehead atoms. The largest absolute Gasteiger partial charge is 0.309 e. The van der Waals surface area contributed by atoms with Gasteiger partial charge in [0.25, 0.3) is 0 Å². The van der Waals surface area contributed by atoms with E-state index in [1.165, 1.54) is 17.7 Å². The molecular formula is C12H10N2S. The van der Waals surface area contributed by atoms with Crippen molar-refractivity contribution in [2.45, 2.75) is 5.92 Å². The van der Waals surface area contributed by atoms with Crippen molar-refractivity contribution in [3.05, 3.63) is 59.8 Å². The van der Waals surface area contributed by atoms with Crippen LogP contribution in [-0.4, -0.2) is 5.71 Å². The summed E-state index contributed by atoms with van der Waals surface area (Å²) >= 11 is 1.41. The first-order valence-electron chi connectivity index (χ1n) is 4.89. The van der Waals surface area contributed by atoms with Gasteiger partial charge in [-0.3, -0.25) is 0 Å². The standard InChI is InChI=1S/C12H10N2S/c1-2-5-9(6-3-1)10-7-4-8-11-12(10)14-15-13-11/h1-8,10,13H. The molecule has 2 aliphatic rings. The van der Waals surface area contributed by atoms with Gasteiger partial charge in [-0.1, -0.05) is 42.5 Å². The zero-order valence-corrected chi connectivity index (χ0v) is 8.87. The molecule has 0 saturated carbocycles. The van der Waals surface area contributed by atoms with Crippen molar-refractivity contribution >= 4 is 17.8 Å². The summed E-state index contributed by atoms with van der Waals surface area (Å²) in [5.41, 5.74) is 3.56. The smallest absolute Gasteiger partial charge is 0.0905 e. The minimum atomic E-state index is 0.300. The Morgan fingerprint density at radius 2 is 2.07 bits per heavy atom. The molecule has 3 heteroatoms. The first kappa shape index (κ1) is 8.80. The van der Waals surface area contributed by atoms with Gasteiger partial charge in [0.2, 0.25) is 0 Å². The molecule has 0 amide bonds. The number of benzene rings is 1. The molecule has 2 nitrogen and oxygen atoms in total. The van der Waals surface area contributed by atoms with E-state index >= 15 is 0 Å². The molecule has 1 atom stereocenters. The van der Waals surface area contributed by atoms with Crippen molar-refractivity contribution in [1.82, 2.24) is 4.72 Å². The van der Waals surface area contributed by atoms with Gasteiger partial charge in [-0.25, -0.2) is 0 Å². The Balaban J connectivity index is 2.02. The molecule has 1 aliphatic carbocycles. The summed E-state index contributed by atoms with van der Waals surface area (Å²) < 4.78 is 7.60. The molecule has 0 radical (unpaired) electrons. The van der Waals surface area contributed by atoms with Crippen LogP contribution in [0.4, 0.5) is 0 Å². The number of hydrogen-bond donors (Lipinski definition) is 1. The second-order valence-corrected chi connectivity index (χ2v) is 4.09. The Hall–Kier alpha value is -1.48. The van der Waals surface area contributed by atoms with Crippen LogP contribution in [0.15, 0.2) is 58.7 Å². The van der Waals surface area contributed by atoms with Gasteiger partial charge in [0.1, 0.15) is 0 Å². The minimum absolute atomic E-state index is 0.300. The Kier molecular flexibility index (Phi) is 2.10. The first-order valence-corrected chi connectivity index (χ1v) is 5.66. The molecule has 0 saturated heterocycles. The summed E-state index contributed by atoms with van der Waals surface area (Å²) in [6.45, 7) is 0. The second kappa shape index (κ2) is 3.59. The van der Waals surface area contributed by atoms with Crippen LogP contribution in [0.2, 0.25) is 0 Å². The van der Waals surface area contributed by atoms with Crippen LogP contribution in [0.1, 0.15) is 11.5 Å². The lowest BCUT2D eigenvalue weighted by Gasteiger charge is -2.16. The van der Waals surface area contributed by atoms with Gasteiger partial charge < -0.3 is 4.72 Å². The summed E-state index contributed by atoms with van der Waals surface area (Å²) in [6, 6.07) is 10.5. The molecule has 1 aliphatic heterocycles. The molecule has 15 heavy (non-hydrogen) atoms. The predicted molar refractivity (Wildman–Crippen MR) is 64.6 cm³/mol. The van der Waals surface area contributed by atoms with E-state index in [0.29, 0.717) is 5.92 Å². The maximum atomic E-state index is 4.42. The highest BCUT2D eigenvalue weighted by Crippen LogP contribution is 2.30. The van der Waals surface area contributed by atoms with Gasteiger partial charge in [-0.05, 0) is 11.6 Å². The van der Waals surface area contributed by atoms with Crippen molar-refractivity contribution in [2.24, 2.45) is 4.40 Å². The van der Waals surface area contributed by atoms with Crippen molar-refractivity contribution in [3.63, 3.8) is 0 Å². The maximum Gasteiger partial charge on any atom is 0.0905 e. The SMILES string of the molecule is C1=CC(c2ccccc2)C2=NSNC2=C1. The predicted octanol–water partition coefficient (Wildman–Crippen LogP) is 2.83. The van der Waals surface area contributed by atoms with Crippen molar-refractivity contribution in [1.29, 1.82) is 0 Å². The van der Waals surface area contributed by atoms with Crippen LogP contribution in [-0.2, 0) is 0 Å². The Labute approximate surface area is 93.1 Å². The van der Waals surface area contributed by atoms with E-state index in [4.69, 9.17) is 0 Å². The average Bonchev–Trinajstić information content (AvgIpc) is 2.78. The fraction of sp³-hybridized carbons (Fsp3) is 0.0833. The molecular weight excluding hydrogens is 204 g/mol. The van der Waals surface area contributed by atoms with Crippen molar-refractivity contribution in [2.75, 3.05) is 0 Å². The highest BCUT2D eigenvalue weighted by atomic mass is 32.2. The van der Waals surface area contributed by atoms with Crippen LogP contribution >= 0.6 is 12.1 Å². The van der Waals surface area contributed by atoms with Gasteiger partial charge in [0.05, 0.1) is 23.5 Å². The third-order valence-corrected chi connectivity index (χ3v) is 3.19. The van der Waals surface area contributed by atoms with E-state index in [0.717, 1.165) is 11.4 Å². The van der Waals surface area contributed by atoms with Crippen molar-refractivity contribution in [3.8, 4) is 0 Å². The molecule has 3 rings (SSSR count). The van der Waals surface area contributed by atoms with E-state index in [1.54, 1.807) is 0 Å². The van der Waals surface area contributed by atoms with Gasteiger partial charge in [-0.15, -0.1) is 0 Å². The lowest BCUT2D eigenvalue weighted by molar-refractivity contribution is 1.11. The number of nitrogens with one attached hydrogen (secondary N) is 1. The lowest BCUT2D eigenvalue weighted by atomic mass is 9.89. The van der Waals surface area contributed by atoms with E-state index in [-0.39, 0.29) is 0 Å². The molecule has 1 unspecified atom stereocenters. The highest BCUT2D eigenvalue weighted by Gasteiger charge is 2.24. The summed E-state index contributed by atoms with van der Waals surface area (Å²) in [4.78, 5) is 0. The fourth-order valence-corrected chi connectivity index (χ4v) is 2.48. The Bertz CT molecular complexity index is 460. The van der Waals surface area contributed by atoms with Gasteiger partial charge >= 0.3 is 0 Å². The molecule has 0 spiro atoms. The van der Waals surface area contributed by atoms with E-state index in [1.807, 2.05) is 6.07 Å². The van der Waals surface area contributed by atoms with Gasteiger partial charge in [-0.2, -0.15) is 4.40 Å². The minimum Gasteiger partial charge on any atom is -0.309 e. The van der Waals surface area contributed by atoms with Crippen molar-refractivity contribution < 1.29 is 0 Å². The van der Waals surface area contributed by atoms with Crippen LogP contribution in [0.3, 0.4) is 0 Å². The van der Waals surface area contributed by atoms with Crippen LogP contribution in [0, 0.1) is 0 Å². The fourth-order valence-electron chi connectivity index (χ4n) is 1.85. The van der Waals surface area contributed by atoms with Gasteiger partial charge in [0.15, 0.2) is 0 Å². The summed E-state index contributed by atoms with van der Waals surface area (Å²) in [5.74, 6) is 0.300. The number of rotatable bonds is 1. The third kappa shape index (κ3) is 1.49. The molecule has 74 valence electrons. The molecule has 0 fully saturated rings.